The van der Waals surface area contributed by atoms with E-state index in [0.717, 1.165) is 12.0 Å². The van der Waals surface area contributed by atoms with Crippen molar-refractivity contribution in [1.82, 2.24) is 10.6 Å². The van der Waals surface area contributed by atoms with E-state index >= 15 is 0 Å². The summed E-state index contributed by atoms with van der Waals surface area (Å²) in [5, 5.41) is 5.68. The number of ketones is 1. The second-order valence-electron chi connectivity index (χ2n) is 5.42. The molecule has 0 aliphatic carbocycles. The van der Waals surface area contributed by atoms with E-state index < -0.39 is 5.91 Å². The van der Waals surface area contributed by atoms with E-state index in [2.05, 4.69) is 24.5 Å². The molecule has 1 rings (SSSR count). The molecule has 0 saturated carbocycles. The fraction of sp³-hybridized carbons (Fsp3) is 0.500. The van der Waals surface area contributed by atoms with Crippen LogP contribution in [0, 0.1) is 11.8 Å². The minimum atomic E-state index is -0.491. The van der Waals surface area contributed by atoms with Gasteiger partial charge in [0.25, 0.3) is 5.91 Å². The lowest BCUT2D eigenvalue weighted by Crippen LogP contribution is -2.39. The summed E-state index contributed by atoms with van der Waals surface area (Å²) in [6.07, 6.45) is 0.721. The van der Waals surface area contributed by atoms with E-state index in [1.807, 2.05) is 30.3 Å². The Labute approximate surface area is 121 Å². The fourth-order valence-corrected chi connectivity index (χ4v) is 2.15. The van der Waals surface area contributed by atoms with E-state index in [0.29, 0.717) is 19.0 Å². The van der Waals surface area contributed by atoms with Crippen LogP contribution < -0.4 is 10.6 Å². The Balaban J connectivity index is 2.53. The molecule has 2 N–H and O–H groups in total. The minimum Gasteiger partial charge on any atom is -0.345 e. The number of carbonyl (C=O) groups is 2. The Kier molecular flexibility index (Phi) is 6.94. The normalized spacial score (nSPS) is 12.2. The van der Waals surface area contributed by atoms with Gasteiger partial charge >= 0.3 is 0 Å². The van der Waals surface area contributed by atoms with Crippen molar-refractivity contribution in [3.8, 4) is 0 Å². The molecule has 0 aliphatic rings. The molecule has 0 heterocycles. The lowest BCUT2D eigenvalue weighted by molar-refractivity contribution is -0.140. The molecule has 1 atom stereocenters. The van der Waals surface area contributed by atoms with E-state index in [1.165, 1.54) is 0 Å². The lowest BCUT2D eigenvalue weighted by Gasteiger charge is -2.17. The number of amides is 1. The summed E-state index contributed by atoms with van der Waals surface area (Å²) in [5.74, 6) is -0.686. The van der Waals surface area contributed by atoms with Crippen molar-refractivity contribution in [2.45, 2.75) is 26.8 Å². The highest BCUT2D eigenvalue weighted by Gasteiger charge is 2.25. The van der Waals surface area contributed by atoms with Gasteiger partial charge in [-0.3, -0.25) is 9.59 Å². The molecular formula is C16H24N2O2. The van der Waals surface area contributed by atoms with E-state index in [-0.39, 0.29) is 11.7 Å². The van der Waals surface area contributed by atoms with E-state index in [9.17, 15) is 9.59 Å². The molecule has 0 saturated heterocycles. The first kappa shape index (κ1) is 16.4. The van der Waals surface area contributed by atoms with Crippen molar-refractivity contribution in [2.75, 3.05) is 13.6 Å². The number of hydrogen-bond acceptors (Lipinski definition) is 3. The first-order valence-corrected chi connectivity index (χ1v) is 7.05. The van der Waals surface area contributed by atoms with Gasteiger partial charge in [0.1, 0.15) is 0 Å². The number of hydrogen-bond donors (Lipinski definition) is 2. The van der Waals surface area contributed by atoms with Crippen LogP contribution in [0.4, 0.5) is 0 Å². The number of carbonyl (C=O) groups excluding carboxylic acids is 2. The van der Waals surface area contributed by atoms with Crippen molar-refractivity contribution in [1.29, 1.82) is 0 Å². The standard InChI is InChI=1S/C16H24N2O2/c1-12(2)9-14(11-17-3)15(19)16(20)18-10-13-7-5-4-6-8-13/h4-8,12,14,17H,9-11H2,1-3H3,(H,18,20). The van der Waals surface area contributed by atoms with Gasteiger partial charge in [-0.25, -0.2) is 0 Å². The number of Topliss-reactive ketones (excluding diaryl/α,β-unsaturated/α-hetero) is 1. The van der Waals surface area contributed by atoms with Crippen LogP contribution in [-0.2, 0) is 16.1 Å². The zero-order valence-corrected chi connectivity index (χ0v) is 12.5. The maximum absolute atomic E-state index is 12.1. The zero-order valence-electron chi connectivity index (χ0n) is 12.5. The molecule has 1 amide bonds. The molecular weight excluding hydrogens is 252 g/mol. The van der Waals surface area contributed by atoms with Gasteiger partial charge in [-0.15, -0.1) is 0 Å². The summed E-state index contributed by atoms with van der Waals surface area (Å²) in [7, 11) is 1.79. The van der Waals surface area contributed by atoms with Crippen LogP contribution in [0.2, 0.25) is 0 Å². The third kappa shape index (κ3) is 5.53. The Morgan fingerprint density at radius 2 is 1.80 bits per heavy atom. The summed E-state index contributed by atoms with van der Waals surface area (Å²) < 4.78 is 0. The second-order valence-corrected chi connectivity index (χ2v) is 5.42. The maximum atomic E-state index is 12.1. The van der Waals surface area contributed by atoms with Crippen LogP contribution in [0.1, 0.15) is 25.8 Å². The van der Waals surface area contributed by atoms with Gasteiger partial charge < -0.3 is 10.6 Å². The average molecular weight is 276 g/mol. The quantitative estimate of drug-likeness (QED) is 0.711. The van der Waals surface area contributed by atoms with Crippen molar-refractivity contribution in [3.05, 3.63) is 35.9 Å². The van der Waals surface area contributed by atoms with Gasteiger partial charge in [0, 0.05) is 19.0 Å². The lowest BCUT2D eigenvalue weighted by atomic mass is 9.92. The third-order valence-corrected chi connectivity index (χ3v) is 3.10. The van der Waals surface area contributed by atoms with Gasteiger partial charge in [0.05, 0.1) is 0 Å². The van der Waals surface area contributed by atoms with Crippen molar-refractivity contribution in [2.24, 2.45) is 11.8 Å². The second kappa shape index (κ2) is 8.48. The predicted octanol–water partition coefficient (Wildman–Crippen LogP) is 1.75. The molecule has 1 aromatic carbocycles. The van der Waals surface area contributed by atoms with Gasteiger partial charge in [-0.05, 0) is 24.9 Å². The smallest absolute Gasteiger partial charge is 0.287 e. The van der Waals surface area contributed by atoms with Crippen LogP contribution in [0.5, 0.6) is 0 Å². The van der Waals surface area contributed by atoms with Crippen LogP contribution in [0.25, 0.3) is 0 Å². The monoisotopic (exact) mass is 276 g/mol. The van der Waals surface area contributed by atoms with Crippen LogP contribution >= 0.6 is 0 Å². The molecule has 20 heavy (non-hydrogen) atoms. The van der Waals surface area contributed by atoms with Gasteiger partial charge in [0.2, 0.25) is 5.78 Å². The molecule has 0 aliphatic heterocycles. The number of rotatable bonds is 8. The summed E-state index contributed by atoms with van der Waals surface area (Å²) in [4.78, 5) is 24.1. The molecule has 0 bridgehead atoms. The highest BCUT2D eigenvalue weighted by Crippen LogP contribution is 2.12. The van der Waals surface area contributed by atoms with Gasteiger partial charge in [-0.2, -0.15) is 0 Å². The Morgan fingerprint density at radius 3 is 2.35 bits per heavy atom. The van der Waals surface area contributed by atoms with Crippen LogP contribution in [0.3, 0.4) is 0 Å². The Hall–Kier alpha value is -1.68. The molecule has 0 aromatic heterocycles. The van der Waals surface area contributed by atoms with Crippen LogP contribution in [-0.4, -0.2) is 25.3 Å². The Bertz CT molecular complexity index is 429. The zero-order chi connectivity index (χ0) is 15.0. The van der Waals surface area contributed by atoms with E-state index in [4.69, 9.17) is 0 Å². The minimum absolute atomic E-state index is 0.254. The van der Waals surface area contributed by atoms with Crippen molar-refractivity contribution < 1.29 is 9.59 Å². The molecule has 4 heteroatoms. The first-order chi connectivity index (χ1) is 9.54. The summed E-state index contributed by atoms with van der Waals surface area (Å²) in [6, 6.07) is 9.58. The summed E-state index contributed by atoms with van der Waals surface area (Å²) in [6.45, 7) is 5.03. The molecule has 0 radical (unpaired) electrons. The summed E-state index contributed by atoms with van der Waals surface area (Å²) >= 11 is 0. The maximum Gasteiger partial charge on any atom is 0.287 e. The topological polar surface area (TPSA) is 58.2 Å². The summed E-state index contributed by atoms with van der Waals surface area (Å²) in [5.41, 5.74) is 0.989. The van der Waals surface area contributed by atoms with Crippen LogP contribution in [0.15, 0.2) is 30.3 Å². The number of benzene rings is 1. The average Bonchev–Trinajstić information content (AvgIpc) is 2.44. The third-order valence-electron chi connectivity index (χ3n) is 3.10. The molecule has 4 nitrogen and oxygen atoms in total. The van der Waals surface area contributed by atoms with Crippen molar-refractivity contribution in [3.63, 3.8) is 0 Å². The SMILES string of the molecule is CNCC(CC(C)C)C(=O)C(=O)NCc1ccccc1. The number of nitrogens with one attached hydrogen (secondary N) is 2. The molecule has 0 spiro atoms. The van der Waals surface area contributed by atoms with Crippen molar-refractivity contribution >= 4 is 11.7 Å². The molecule has 1 aromatic rings. The van der Waals surface area contributed by atoms with Gasteiger partial charge in [0.15, 0.2) is 0 Å². The molecule has 0 fully saturated rings. The first-order valence-electron chi connectivity index (χ1n) is 7.05. The molecule has 110 valence electrons. The molecule has 1 unspecified atom stereocenters. The highest BCUT2D eigenvalue weighted by atomic mass is 16.2. The predicted molar refractivity (Wildman–Crippen MR) is 80.2 cm³/mol. The van der Waals surface area contributed by atoms with Gasteiger partial charge in [-0.1, -0.05) is 44.2 Å². The largest absolute Gasteiger partial charge is 0.345 e. The highest BCUT2D eigenvalue weighted by molar-refractivity contribution is 6.37. The fourth-order valence-electron chi connectivity index (χ4n) is 2.15. The van der Waals surface area contributed by atoms with E-state index in [1.54, 1.807) is 7.05 Å². The Morgan fingerprint density at radius 1 is 1.15 bits per heavy atom.